The second-order valence-corrected chi connectivity index (χ2v) is 25.8. The molecule has 0 bridgehead atoms. The van der Waals surface area contributed by atoms with Gasteiger partial charge in [-0.25, -0.2) is 0 Å². The summed E-state index contributed by atoms with van der Waals surface area (Å²) in [5.41, 5.74) is 28.6. The summed E-state index contributed by atoms with van der Waals surface area (Å²) < 4.78 is 5.07. The Morgan fingerprint density at radius 1 is 0.314 bits per heavy atom. The van der Waals surface area contributed by atoms with Gasteiger partial charge in [-0.05, 0) is 164 Å². The number of nitrogens with zero attached hydrogens (tertiary/aromatic N) is 5. The summed E-state index contributed by atoms with van der Waals surface area (Å²) in [7, 11) is 0. The lowest BCUT2D eigenvalue weighted by molar-refractivity contribution is 0.590. The van der Waals surface area contributed by atoms with Crippen molar-refractivity contribution in [2.45, 2.75) is 52.4 Å². The third kappa shape index (κ3) is 7.51. The molecule has 3 aliphatic rings. The van der Waals surface area contributed by atoms with Crippen LogP contribution in [-0.2, 0) is 10.8 Å². The number of hydrogen-bond donors (Lipinski definition) is 0. The van der Waals surface area contributed by atoms with Crippen molar-refractivity contribution in [3.8, 4) is 33.6 Å². The van der Waals surface area contributed by atoms with Gasteiger partial charge in [0.1, 0.15) is 0 Å². The van der Waals surface area contributed by atoms with Crippen LogP contribution in [0.2, 0.25) is 0 Å². The maximum absolute atomic E-state index is 2.62. The van der Waals surface area contributed by atoms with Crippen molar-refractivity contribution < 1.29 is 0 Å². The summed E-state index contributed by atoms with van der Waals surface area (Å²) in [4.78, 5) is 7.65. The van der Waals surface area contributed by atoms with E-state index < -0.39 is 0 Å². The molecule has 6 heteroatoms. The van der Waals surface area contributed by atoms with E-state index in [1.54, 1.807) is 0 Å². The van der Waals surface area contributed by atoms with Crippen molar-refractivity contribution in [1.82, 2.24) is 9.13 Å². The smallest absolute Gasteiger partial charge is 0.252 e. The highest BCUT2D eigenvalue weighted by atomic mass is 15.2. The summed E-state index contributed by atoms with van der Waals surface area (Å²) in [6, 6.07) is 100. The van der Waals surface area contributed by atoms with Crippen LogP contribution in [0.5, 0.6) is 0 Å². The van der Waals surface area contributed by atoms with Gasteiger partial charge in [-0.2, -0.15) is 0 Å². The first-order valence-electron chi connectivity index (χ1n) is 30.3. The fourth-order valence-corrected chi connectivity index (χ4v) is 14.5. The highest BCUT2D eigenvalue weighted by Crippen LogP contribution is 2.54. The number of aromatic nitrogens is 2. The van der Waals surface area contributed by atoms with E-state index in [4.69, 9.17) is 0 Å². The predicted octanol–water partition coefficient (Wildman–Crippen LogP) is 19.7. The summed E-state index contributed by atoms with van der Waals surface area (Å²) in [5, 5.41) is 5.06. The lowest BCUT2D eigenvalue weighted by Gasteiger charge is -2.46. The number of fused-ring (bicyclic) bond motifs is 12. The molecule has 3 aliphatic heterocycles. The normalized spacial score (nSPS) is 13.2. The average Bonchev–Trinajstić information content (AvgIpc) is 1.12. The highest BCUT2D eigenvalue weighted by molar-refractivity contribution is 7.00. The molecule has 5 heterocycles. The third-order valence-corrected chi connectivity index (χ3v) is 18.7. The van der Waals surface area contributed by atoms with Gasteiger partial charge in [-0.1, -0.05) is 205 Å². The van der Waals surface area contributed by atoms with E-state index in [0.717, 1.165) is 39.8 Å². The molecule has 0 unspecified atom stereocenters. The first-order chi connectivity index (χ1) is 41.9. The summed E-state index contributed by atoms with van der Waals surface area (Å²) >= 11 is 0. The van der Waals surface area contributed by atoms with Crippen LogP contribution >= 0.6 is 0 Å². The second-order valence-electron chi connectivity index (χ2n) is 25.8. The van der Waals surface area contributed by atoms with Gasteiger partial charge >= 0.3 is 0 Å². The molecule has 0 radical (unpaired) electrons. The molecular formula is C80H62BN5. The molecule has 0 fully saturated rings. The summed E-state index contributed by atoms with van der Waals surface area (Å²) in [5.74, 6) is 0. The Bertz CT molecular complexity index is 4950. The molecule has 2 aromatic heterocycles. The average molecular weight is 1100 g/mol. The van der Waals surface area contributed by atoms with Crippen molar-refractivity contribution in [1.29, 1.82) is 0 Å². The Balaban J connectivity index is 0.961. The van der Waals surface area contributed by atoms with Gasteiger partial charge in [-0.15, -0.1) is 0 Å². The van der Waals surface area contributed by atoms with E-state index in [1.807, 2.05) is 0 Å². The Hall–Kier alpha value is -10.3. The Morgan fingerprint density at radius 3 is 1.43 bits per heavy atom. The number of rotatable bonds is 7. The van der Waals surface area contributed by atoms with Gasteiger partial charge in [0.05, 0.1) is 44.8 Å². The molecule has 0 saturated carbocycles. The summed E-state index contributed by atoms with van der Waals surface area (Å²) in [6.07, 6.45) is 0. The van der Waals surface area contributed by atoms with Gasteiger partial charge in [0, 0.05) is 61.4 Å². The maximum atomic E-state index is 2.62. The fourth-order valence-electron chi connectivity index (χ4n) is 14.5. The first kappa shape index (κ1) is 50.2. The zero-order chi connectivity index (χ0) is 57.7. The monoisotopic (exact) mass is 1100 g/mol. The van der Waals surface area contributed by atoms with Crippen LogP contribution in [0, 0.1) is 0 Å². The molecule has 12 aromatic carbocycles. The standard InChI is InChI=1S/C80H62BN5/c1-79(2,3)55-38-44-69-64(46-55)65-47-56(80(4,5)6)39-45-70(65)84(69)60-42-43-66-73(48-60)83(59-40-36-54(37-41-59)53-34-32-52(33-35-53)51-20-10-7-11-21-51)74-49-61(82(57-22-12-8-13-23-57)58-24-14-9-15-25-58)50-75-76(74)81(66)67-28-19-31-72-78(67)86(75)71-30-18-27-63-62-26-16-17-29-68(62)85(72)77(63)71/h7-50H,1-6H3. The van der Waals surface area contributed by atoms with E-state index in [2.05, 4.69) is 332 Å². The lowest BCUT2D eigenvalue weighted by atomic mass is 9.33. The van der Waals surface area contributed by atoms with E-state index in [0.29, 0.717) is 0 Å². The SMILES string of the molecule is CC(C)(C)c1ccc2c(c1)c1cc(C(C)(C)C)ccc1n2-c1ccc2c(c1)N(c1ccc(-c3ccc(-c4ccccc4)cc3)cc1)c1cc(N(c3ccccc3)c3ccccc3)cc3c1B2c1cccc2c1N3c1cccc3c4ccccc4n-2c13. The van der Waals surface area contributed by atoms with Crippen LogP contribution in [0.15, 0.2) is 267 Å². The zero-order valence-corrected chi connectivity index (χ0v) is 49.2. The van der Waals surface area contributed by atoms with E-state index in [1.165, 1.54) is 116 Å². The van der Waals surface area contributed by atoms with E-state index in [-0.39, 0.29) is 17.5 Å². The molecule has 86 heavy (non-hydrogen) atoms. The van der Waals surface area contributed by atoms with E-state index in [9.17, 15) is 0 Å². The minimum atomic E-state index is -0.116. The molecule has 17 rings (SSSR count). The second kappa shape index (κ2) is 18.6. The molecule has 0 atom stereocenters. The fraction of sp³-hybridized carbons (Fsp3) is 0.100. The molecule has 410 valence electrons. The topological polar surface area (TPSA) is 19.6 Å². The highest BCUT2D eigenvalue weighted by Gasteiger charge is 2.47. The van der Waals surface area contributed by atoms with Crippen LogP contribution in [0.1, 0.15) is 52.7 Å². The molecule has 0 spiro atoms. The van der Waals surface area contributed by atoms with Gasteiger partial charge < -0.3 is 23.8 Å². The maximum Gasteiger partial charge on any atom is 0.252 e. The van der Waals surface area contributed by atoms with Crippen LogP contribution in [-0.4, -0.2) is 15.8 Å². The van der Waals surface area contributed by atoms with Gasteiger partial charge in [0.2, 0.25) is 0 Å². The quantitative estimate of drug-likeness (QED) is 0.148. The van der Waals surface area contributed by atoms with Crippen LogP contribution in [0.4, 0.5) is 51.2 Å². The molecule has 0 N–H and O–H groups in total. The molecule has 5 nitrogen and oxygen atoms in total. The van der Waals surface area contributed by atoms with Gasteiger partial charge in [0.15, 0.2) is 0 Å². The van der Waals surface area contributed by atoms with Crippen LogP contribution < -0.4 is 31.1 Å². The van der Waals surface area contributed by atoms with Crippen molar-refractivity contribution in [2.24, 2.45) is 0 Å². The zero-order valence-electron chi connectivity index (χ0n) is 49.2. The molecule has 0 aliphatic carbocycles. The third-order valence-electron chi connectivity index (χ3n) is 18.7. The molecule has 0 saturated heterocycles. The van der Waals surface area contributed by atoms with Crippen LogP contribution in [0.25, 0.3) is 77.2 Å². The number of benzene rings is 12. The van der Waals surface area contributed by atoms with E-state index >= 15 is 0 Å². The molecule has 14 aromatic rings. The van der Waals surface area contributed by atoms with Crippen molar-refractivity contribution in [2.75, 3.05) is 14.7 Å². The van der Waals surface area contributed by atoms with Crippen LogP contribution in [0.3, 0.4) is 0 Å². The Kier molecular flexibility index (Phi) is 10.9. The van der Waals surface area contributed by atoms with Crippen molar-refractivity contribution >= 4 is 118 Å². The molecule has 0 amide bonds. The number of para-hydroxylation sites is 5. The first-order valence-corrected chi connectivity index (χ1v) is 30.3. The lowest BCUT2D eigenvalue weighted by Crippen LogP contribution is -2.61. The minimum absolute atomic E-state index is 0.0197. The number of hydrogen-bond acceptors (Lipinski definition) is 3. The van der Waals surface area contributed by atoms with Gasteiger partial charge in [0.25, 0.3) is 6.71 Å². The molecular weight excluding hydrogens is 1040 g/mol. The van der Waals surface area contributed by atoms with Crippen molar-refractivity contribution in [3.05, 3.63) is 278 Å². The largest absolute Gasteiger partial charge is 0.311 e. The number of anilines is 9. The predicted molar refractivity (Wildman–Crippen MR) is 366 cm³/mol. The van der Waals surface area contributed by atoms with Gasteiger partial charge in [-0.3, -0.25) is 0 Å². The summed E-state index contributed by atoms with van der Waals surface area (Å²) in [6.45, 7) is 13.8. The Morgan fingerprint density at radius 2 is 0.814 bits per heavy atom. The minimum Gasteiger partial charge on any atom is -0.311 e. The van der Waals surface area contributed by atoms with Crippen molar-refractivity contribution in [3.63, 3.8) is 0 Å². The Labute approximate surface area is 503 Å².